The van der Waals surface area contributed by atoms with Crippen LogP contribution in [0.4, 0.5) is 5.69 Å². The molecule has 0 unspecified atom stereocenters. The molecule has 1 aliphatic rings. The lowest BCUT2D eigenvalue weighted by Gasteiger charge is -2.23. The fourth-order valence-electron chi connectivity index (χ4n) is 2.08. The van der Waals surface area contributed by atoms with Crippen molar-refractivity contribution in [1.29, 1.82) is 5.26 Å². The highest BCUT2D eigenvalue weighted by Gasteiger charge is 2.21. The summed E-state index contributed by atoms with van der Waals surface area (Å²) in [7, 11) is 1.80. The van der Waals surface area contributed by atoms with E-state index in [0.29, 0.717) is 17.1 Å². The second-order valence-electron chi connectivity index (χ2n) is 4.34. The third-order valence-electron chi connectivity index (χ3n) is 3.12. The van der Waals surface area contributed by atoms with Gasteiger partial charge in [0.25, 0.3) is 0 Å². The van der Waals surface area contributed by atoms with Gasteiger partial charge in [-0.25, -0.2) is 0 Å². The number of amides is 1. The van der Waals surface area contributed by atoms with Crippen LogP contribution >= 0.6 is 11.6 Å². The summed E-state index contributed by atoms with van der Waals surface area (Å²) < 4.78 is 0. The number of benzene rings is 1. The number of carbonyl (C=O) groups excluding carboxylic acids is 1. The van der Waals surface area contributed by atoms with Crippen molar-refractivity contribution in [2.75, 3.05) is 31.6 Å². The first-order valence-electron chi connectivity index (χ1n) is 5.81. The molecule has 4 nitrogen and oxygen atoms in total. The van der Waals surface area contributed by atoms with E-state index in [0.717, 1.165) is 25.2 Å². The Bertz CT molecular complexity index is 509. The van der Waals surface area contributed by atoms with Crippen LogP contribution < -0.4 is 4.90 Å². The molecule has 0 N–H and O–H groups in total. The van der Waals surface area contributed by atoms with Gasteiger partial charge in [0, 0.05) is 20.1 Å². The molecule has 0 aromatic heterocycles. The first-order valence-corrected chi connectivity index (χ1v) is 6.19. The van der Waals surface area contributed by atoms with Crippen LogP contribution in [0.5, 0.6) is 0 Å². The zero-order valence-electron chi connectivity index (χ0n) is 10.2. The van der Waals surface area contributed by atoms with Crippen LogP contribution in [0.15, 0.2) is 18.2 Å². The number of hydrogen-bond donors (Lipinski definition) is 0. The SMILES string of the molecule is CN1CCCN(c2cccc(Cl)c2C#N)CC1=O. The highest BCUT2D eigenvalue weighted by Crippen LogP contribution is 2.27. The molecule has 94 valence electrons. The Kier molecular flexibility index (Phi) is 3.73. The summed E-state index contributed by atoms with van der Waals surface area (Å²) >= 11 is 6.01. The van der Waals surface area contributed by atoms with Crippen LogP contribution in [0.2, 0.25) is 5.02 Å². The summed E-state index contributed by atoms with van der Waals surface area (Å²) in [6, 6.07) is 7.44. The summed E-state index contributed by atoms with van der Waals surface area (Å²) in [5, 5.41) is 9.59. The van der Waals surface area contributed by atoms with Gasteiger partial charge in [-0.1, -0.05) is 17.7 Å². The smallest absolute Gasteiger partial charge is 0.241 e. The molecule has 0 bridgehead atoms. The van der Waals surface area contributed by atoms with Gasteiger partial charge in [0.15, 0.2) is 0 Å². The van der Waals surface area contributed by atoms with E-state index in [9.17, 15) is 4.79 Å². The van der Waals surface area contributed by atoms with Crippen LogP contribution in [0.25, 0.3) is 0 Å². The van der Waals surface area contributed by atoms with E-state index in [1.54, 1.807) is 24.1 Å². The van der Waals surface area contributed by atoms with E-state index in [1.807, 2.05) is 11.0 Å². The number of hydrogen-bond acceptors (Lipinski definition) is 3. The quantitative estimate of drug-likeness (QED) is 0.777. The minimum atomic E-state index is 0.0661. The first kappa shape index (κ1) is 12.7. The van der Waals surface area contributed by atoms with Crippen LogP contribution in [0.3, 0.4) is 0 Å². The number of halogens is 1. The van der Waals surface area contributed by atoms with Crippen molar-refractivity contribution in [1.82, 2.24) is 4.90 Å². The predicted molar refractivity (Wildman–Crippen MR) is 70.6 cm³/mol. The Labute approximate surface area is 111 Å². The van der Waals surface area contributed by atoms with Crippen molar-refractivity contribution >= 4 is 23.2 Å². The fourth-order valence-corrected chi connectivity index (χ4v) is 2.29. The topological polar surface area (TPSA) is 47.3 Å². The number of rotatable bonds is 1. The molecule has 2 rings (SSSR count). The minimum Gasteiger partial charge on any atom is -0.361 e. The van der Waals surface area contributed by atoms with Crippen LogP contribution in [-0.4, -0.2) is 37.5 Å². The Morgan fingerprint density at radius 2 is 2.17 bits per heavy atom. The lowest BCUT2D eigenvalue weighted by atomic mass is 10.1. The van der Waals surface area contributed by atoms with E-state index in [1.165, 1.54) is 0 Å². The van der Waals surface area contributed by atoms with E-state index in [-0.39, 0.29) is 5.91 Å². The standard InChI is InChI=1S/C13H14ClN3O/c1-16-6-3-7-17(9-13(16)18)12-5-2-4-11(14)10(12)8-15/h2,4-5H,3,6-7,9H2,1H3. The molecule has 0 atom stereocenters. The summed E-state index contributed by atoms with van der Waals surface area (Å²) in [4.78, 5) is 15.5. The predicted octanol–water partition coefficient (Wildman–Crippen LogP) is 1.88. The van der Waals surface area contributed by atoms with Crippen LogP contribution in [-0.2, 0) is 4.79 Å². The molecule has 1 fully saturated rings. The van der Waals surface area contributed by atoms with E-state index >= 15 is 0 Å². The molecular weight excluding hydrogens is 250 g/mol. The number of nitriles is 1. The van der Waals surface area contributed by atoms with E-state index in [2.05, 4.69) is 6.07 Å². The second-order valence-corrected chi connectivity index (χ2v) is 4.74. The summed E-state index contributed by atoms with van der Waals surface area (Å²) in [5.74, 6) is 0.0661. The number of likely N-dealkylation sites (N-methyl/N-ethyl adjacent to an activating group) is 1. The van der Waals surface area contributed by atoms with Gasteiger partial charge in [-0.2, -0.15) is 5.26 Å². The number of carbonyl (C=O) groups is 1. The van der Waals surface area contributed by atoms with Gasteiger partial charge < -0.3 is 9.80 Å². The first-order chi connectivity index (χ1) is 8.63. The third kappa shape index (κ3) is 2.41. The van der Waals surface area contributed by atoms with Gasteiger partial charge in [0.1, 0.15) is 6.07 Å². The lowest BCUT2D eigenvalue weighted by molar-refractivity contribution is -0.127. The number of nitrogens with zero attached hydrogens (tertiary/aromatic N) is 3. The van der Waals surface area contributed by atoms with Crippen molar-refractivity contribution in [2.45, 2.75) is 6.42 Å². The van der Waals surface area contributed by atoms with E-state index < -0.39 is 0 Å². The molecule has 1 saturated heterocycles. The monoisotopic (exact) mass is 263 g/mol. The minimum absolute atomic E-state index is 0.0661. The second kappa shape index (κ2) is 5.28. The molecule has 0 radical (unpaired) electrons. The molecule has 0 spiro atoms. The zero-order chi connectivity index (χ0) is 13.1. The highest BCUT2D eigenvalue weighted by atomic mass is 35.5. The largest absolute Gasteiger partial charge is 0.361 e. The molecule has 0 saturated carbocycles. The summed E-state index contributed by atoms with van der Waals surface area (Å²) in [5.41, 5.74) is 1.19. The Balaban J connectivity index is 2.34. The maximum absolute atomic E-state index is 11.9. The maximum atomic E-state index is 11.9. The molecule has 1 aromatic carbocycles. The average molecular weight is 264 g/mol. The average Bonchev–Trinajstić information content (AvgIpc) is 2.52. The molecule has 1 heterocycles. The van der Waals surface area contributed by atoms with E-state index in [4.69, 9.17) is 16.9 Å². The number of anilines is 1. The van der Waals surface area contributed by atoms with Crippen LogP contribution in [0.1, 0.15) is 12.0 Å². The highest BCUT2D eigenvalue weighted by molar-refractivity contribution is 6.32. The molecule has 1 aromatic rings. The van der Waals surface area contributed by atoms with Gasteiger partial charge >= 0.3 is 0 Å². The maximum Gasteiger partial charge on any atom is 0.241 e. The van der Waals surface area contributed by atoms with Crippen molar-refractivity contribution in [3.63, 3.8) is 0 Å². The van der Waals surface area contributed by atoms with Crippen molar-refractivity contribution in [3.8, 4) is 6.07 Å². The van der Waals surface area contributed by atoms with Crippen molar-refractivity contribution in [2.24, 2.45) is 0 Å². The molecule has 1 amide bonds. The molecule has 5 heteroatoms. The van der Waals surface area contributed by atoms with Crippen molar-refractivity contribution < 1.29 is 4.79 Å². The lowest BCUT2D eigenvalue weighted by Crippen LogP contribution is -2.34. The van der Waals surface area contributed by atoms with Crippen molar-refractivity contribution in [3.05, 3.63) is 28.8 Å². The molecule has 0 aliphatic carbocycles. The Morgan fingerprint density at radius 3 is 2.89 bits per heavy atom. The van der Waals surface area contributed by atoms with Gasteiger partial charge in [0.05, 0.1) is 22.8 Å². The molecule has 1 aliphatic heterocycles. The normalized spacial score (nSPS) is 16.4. The van der Waals surface area contributed by atoms with Gasteiger partial charge in [-0.15, -0.1) is 0 Å². The third-order valence-corrected chi connectivity index (χ3v) is 3.43. The fraction of sp³-hybridized carbons (Fsp3) is 0.385. The van der Waals surface area contributed by atoms with Gasteiger partial charge in [0.2, 0.25) is 5.91 Å². The van der Waals surface area contributed by atoms with Gasteiger partial charge in [-0.3, -0.25) is 4.79 Å². The summed E-state index contributed by atoms with van der Waals surface area (Å²) in [6.45, 7) is 1.80. The summed E-state index contributed by atoms with van der Waals surface area (Å²) in [6.07, 6.45) is 0.889. The molecule has 18 heavy (non-hydrogen) atoms. The van der Waals surface area contributed by atoms with Gasteiger partial charge in [-0.05, 0) is 18.6 Å². The Hall–Kier alpha value is -1.73. The molecular formula is C13H14ClN3O. The Morgan fingerprint density at radius 1 is 1.39 bits per heavy atom. The van der Waals surface area contributed by atoms with Crippen LogP contribution in [0, 0.1) is 11.3 Å². The zero-order valence-corrected chi connectivity index (χ0v) is 10.9.